The Bertz CT molecular complexity index is 598. The Morgan fingerprint density at radius 2 is 2.15 bits per heavy atom. The predicted molar refractivity (Wildman–Crippen MR) is 66.1 cm³/mol. The summed E-state index contributed by atoms with van der Waals surface area (Å²) in [6.45, 7) is -2.77. The highest BCUT2D eigenvalue weighted by atomic mass is 19.3. The number of anilines is 1. The SMILES string of the molecule is O=C(O)c1coc(CNc2ccccc2OC(F)F)c1. The van der Waals surface area contributed by atoms with Crippen LogP contribution in [0.1, 0.15) is 16.1 Å². The number of hydrogen-bond acceptors (Lipinski definition) is 4. The second-order valence-corrected chi connectivity index (χ2v) is 3.84. The molecule has 5 nitrogen and oxygen atoms in total. The van der Waals surface area contributed by atoms with Crippen LogP contribution >= 0.6 is 0 Å². The van der Waals surface area contributed by atoms with Crippen LogP contribution in [0.5, 0.6) is 5.75 Å². The molecule has 1 aromatic carbocycles. The summed E-state index contributed by atoms with van der Waals surface area (Å²) in [5.41, 5.74) is 0.389. The van der Waals surface area contributed by atoms with Crippen molar-refractivity contribution in [1.29, 1.82) is 0 Å². The summed E-state index contributed by atoms with van der Waals surface area (Å²) in [5, 5.41) is 11.6. The molecule has 0 unspecified atom stereocenters. The summed E-state index contributed by atoms with van der Waals surface area (Å²) in [6, 6.07) is 7.55. The quantitative estimate of drug-likeness (QED) is 0.851. The molecule has 1 heterocycles. The van der Waals surface area contributed by atoms with E-state index in [1.165, 1.54) is 12.1 Å². The van der Waals surface area contributed by atoms with Crippen LogP contribution in [-0.2, 0) is 6.54 Å². The molecule has 0 spiro atoms. The maximum atomic E-state index is 12.2. The molecule has 0 fully saturated rings. The Balaban J connectivity index is 2.04. The van der Waals surface area contributed by atoms with Gasteiger partial charge in [0.15, 0.2) is 0 Å². The molecule has 0 radical (unpaired) electrons. The monoisotopic (exact) mass is 283 g/mol. The van der Waals surface area contributed by atoms with Gasteiger partial charge in [-0.05, 0) is 18.2 Å². The minimum Gasteiger partial charge on any atom is -0.478 e. The number of halogens is 2. The average molecular weight is 283 g/mol. The topological polar surface area (TPSA) is 71.7 Å². The molecule has 0 aliphatic carbocycles. The number of furan rings is 1. The third-order valence-corrected chi connectivity index (χ3v) is 2.46. The van der Waals surface area contributed by atoms with Gasteiger partial charge in [0.2, 0.25) is 0 Å². The highest BCUT2D eigenvalue weighted by Crippen LogP contribution is 2.26. The van der Waals surface area contributed by atoms with E-state index in [1.54, 1.807) is 18.2 Å². The summed E-state index contributed by atoms with van der Waals surface area (Å²) in [5.74, 6) is -0.719. The van der Waals surface area contributed by atoms with Crippen LogP contribution in [-0.4, -0.2) is 17.7 Å². The lowest BCUT2D eigenvalue weighted by atomic mass is 10.2. The number of carboxylic acid groups (broad SMARTS) is 1. The van der Waals surface area contributed by atoms with Crippen molar-refractivity contribution < 1.29 is 27.8 Å². The normalized spacial score (nSPS) is 10.6. The molecule has 0 bridgehead atoms. The summed E-state index contributed by atoms with van der Waals surface area (Å²) < 4.78 is 33.8. The van der Waals surface area contributed by atoms with E-state index in [0.717, 1.165) is 6.26 Å². The van der Waals surface area contributed by atoms with Gasteiger partial charge in [-0.3, -0.25) is 0 Å². The highest BCUT2D eigenvalue weighted by Gasteiger charge is 2.11. The minimum absolute atomic E-state index is 0.00696. The van der Waals surface area contributed by atoms with Gasteiger partial charge in [-0.15, -0.1) is 0 Å². The standard InChI is InChI=1S/C13H11F2NO4/c14-13(15)20-11-4-2-1-3-10(11)16-6-9-5-8(7-19-9)12(17)18/h1-5,7,13,16H,6H2,(H,17,18). The van der Waals surface area contributed by atoms with Crippen molar-refractivity contribution >= 4 is 11.7 Å². The lowest BCUT2D eigenvalue weighted by Crippen LogP contribution is -2.06. The molecule has 7 heteroatoms. The smallest absolute Gasteiger partial charge is 0.387 e. The Kier molecular flexibility index (Phi) is 4.19. The zero-order chi connectivity index (χ0) is 14.5. The van der Waals surface area contributed by atoms with Gasteiger partial charge in [-0.25, -0.2) is 4.79 Å². The molecular formula is C13H11F2NO4. The Labute approximate surface area is 112 Å². The van der Waals surface area contributed by atoms with E-state index in [4.69, 9.17) is 9.52 Å². The molecule has 2 aromatic rings. The number of hydrogen-bond donors (Lipinski definition) is 2. The van der Waals surface area contributed by atoms with Crippen LogP contribution in [0, 0.1) is 0 Å². The summed E-state index contributed by atoms with van der Waals surface area (Å²) >= 11 is 0. The lowest BCUT2D eigenvalue weighted by Gasteiger charge is -2.11. The van der Waals surface area contributed by atoms with Crippen molar-refractivity contribution in [2.45, 2.75) is 13.2 Å². The van der Waals surface area contributed by atoms with Crippen molar-refractivity contribution in [3.8, 4) is 5.75 Å². The number of rotatable bonds is 6. The van der Waals surface area contributed by atoms with Crippen molar-refractivity contribution in [3.63, 3.8) is 0 Å². The fraction of sp³-hybridized carbons (Fsp3) is 0.154. The van der Waals surface area contributed by atoms with Gasteiger partial charge in [-0.2, -0.15) is 8.78 Å². The van der Waals surface area contributed by atoms with Crippen LogP contribution in [0.4, 0.5) is 14.5 Å². The van der Waals surface area contributed by atoms with Crippen LogP contribution in [0.15, 0.2) is 41.0 Å². The van der Waals surface area contributed by atoms with E-state index in [9.17, 15) is 13.6 Å². The maximum Gasteiger partial charge on any atom is 0.387 e. The van der Waals surface area contributed by atoms with Gasteiger partial charge < -0.3 is 19.6 Å². The number of benzene rings is 1. The van der Waals surface area contributed by atoms with E-state index in [-0.39, 0.29) is 17.9 Å². The first kappa shape index (κ1) is 13.9. The van der Waals surface area contributed by atoms with E-state index in [1.807, 2.05) is 0 Å². The largest absolute Gasteiger partial charge is 0.478 e. The summed E-state index contributed by atoms with van der Waals surface area (Å²) in [4.78, 5) is 10.7. The molecule has 1 aromatic heterocycles. The molecule has 0 saturated heterocycles. The number of aromatic carboxylic acids is 1. The van der Waals surface area contributed by atoms with E-state index in [2.05, 4.69) is 10.1 Å². The number of para-hydroxylation sites is 2. The maximum absolute atomic E-state index is 12.2. The number of ether oxygens (including phenoxy) is 1. The van der Waals surface area contributed by atoms with Gasteiger partial charge in [-0.1, -0.05) is 12.1 Å². The second-order valence-electron chi connectivity index (χ2n) is 3.84. The van der Waals surface area contributed by atoms with Gasteiger partial charge in [0, 0.05) is 0 Å². The van der Waals surface area contributed by atoms with E-state index in [0.29, 0.717) is 11.4 Å². The third kappa shape index (κ3) is 3.47. The molecule has 2 rings (SSSR count). The lowest BCUT2D eigenvalue weighted by molar-refractivity contribution is -0.0493. The fourth-order valence-corrected chi connectivity index (χ4v) is 1.58. The predicted octanol–water partition coefficient (Wildman–Crippen LogP) is 3.19. The minimum atomic E-state index is -2.92. The van der Waals surface area contributed by atoms with Crippen LogP contribution in [0.25, 0.3) is 0 Å². The first-order valence-corrected chi connectivity index (χ1v) is 5.64. The molecule has 0 saturated carbocycles. The number of alkyl halides is 2. The first-order valence-electron chi connectivity index (χ1n) is 5.64. The van der Waals surface area contributed by atoms with Crippen molar-refractivity contribution in [1.82, 2.24) is 0 Å². The highest BCUT2D eigenvalue weighted by molar-refractivity contribution is 5.87. The number of carboxylic acids is 1. The molecule has 0 atom stereocenters. The second kappa shape index (κ2) is 6.05. The molecule has 106 valence electrons. The molecule has 2 N–H and O–H groups in total. The van der Waals surface area contributed by atoms with Crippen LogP contribution in [0.2, 0.25) is 0 Å². The van der Waals surface area contributed by atoms with Crippen molar-refractivity contribution in [2.24, 2.45) is 0 Å². The van der Waals surface area contributed by atoms with E-state index >= 15 is 0 Å². The number of nitrogens with one attached hydrogen (secondary N) is 1. The zero-order valence-electron chi connectivity index (χ0n) is 10.2. The van der Waals surface area contributed by atoms with Gasteiger partial charge in [0.25, 0.3) is 0 Å². The average Bonchev–Trinajstić information content (AvgIpc) is 2.86. The zero-order valence-corrected chi connectivity index (χ0v) is 10.2. The first-order chi connectivity index (χ1) is 9.56. The number of carbonyl (C=O) groups is 1. The molecule has 0 amide bonds. The molecular weight excluding hydrogens is 272 g/mol. The van der Waals surface area contributed by atoms with E-state index < -0.39 is 12.6 Å². The fourth-order valence-electron chi connectivity index (χ4n) is 1.58. The Morgan fingerprint density at radius 3 is 2.80 bits per heavy atom. The van der Waals surface area contributed by atoms with Gasteiger partial charge >= 0.3 is 12.6 Å². The van der Waals surface area contributed by atoms with Crippen molar-refractivity contribution in [2.75, 3.05) is 5.32 Å². The summed E-state index contributed by atoms with van der Waals surface area (Å²) in [6.07, 6.45) is 1.11. The van der Waals surface area contributed by atoms with Gasteiger partial charge in [0.1, 0.15) is 17.8 Å². The molecule has 0 aliphatic rings. The Hall–Kier alpha value is -2.57. The van der Waals surface area contributed by atoms with Crippen molar-refractivity contribution in [3.05, 3.63) is 47.9 Å². The third-order valence-electron chi connectivity index (χ3n) is 2.46. The molecule has 20 heavy (non-hydrogen) atoms. The van der Waals surface area contributed by atoms with Crippen LogP contribution < -0.4 is 10.1 Å². The summed E-state index contributed by atoms with van der Waals surface area (Å²) in [7, 11) is 0. The molecule has 0 aliphatic heterocycles. The van der Waals surface area contributed by atoms with Gasteiger partial charge in [0.05, 0.1) is 17.8 Å². The van der Waals surface area contributed by atoms with Crippen LogP contribution in [0.3, 0.4) is 0 Å². The Morgan fingerprint density at radius 1 is 1.40 bits per heavy atom.